The summed E-state index contributed by atoms with van der Waals surface area (Å²) in [6, 6.07) is 10.5. The quantitative estimate of drug-likeness (QED) is 0.702. The molecular weight excluding hydrogens is 274 g/mol. The molecule has 1 saturated heterocycles. The van der Waals surface area contributed by atoms with Crippen molar-refractivity contribution in [2.75, 3.05) is 13.1 Å². The molecule has 2 unspecified atom stereocenters. The van der Waals surface area contributed by atoms with Crippen molar-refractivity contribution in [3.63, 3.8) is 0 Å². The minimum Gasteiger partial charge on any atom is -0.463 e. The van der Waals surface area contributed by atoms with Gasteiger partial charge in [-0.05, 0) is 44.8 Å². The minimum atomic E-state index is -0.0691. The molecule has 0 aliphatic carbocycles. The highest BCUT2D eigenvalue weighted by atomic mass is 16.5. The lowest BCUT2D eigenvalue weighted by Gasteiger charge is -2.34. The monoisotopic (exact) mass is 303 g/mol. The number of piperidine rings is 1. The van der Waals surface area contributed by atoms with Crippen LogP contribution in [0.5, 0.6) is 0 Å². The minimum absolute atomic E-state index is 0.0234. The Labute approximate surface area is 134 Å². The Morgan fingerprint density at radius 3 is 2.50 bits per heavy atom. The third-order valence-corrected chi connectivity index (χ3v) is 4.40. The lowest BCUT2D eigenvalue weighted by molar-refractivity contribution is -0.150. The van der Waals surface area contributed by atoms with E-state index >= 15 is 0 Å². The van der Waals surface area contributed by atoms with Gasteiger partial charge in [0, 0.05) is 6.04 Å². The van der Waals surface area contributed by atoms with Gasteiger partial charge >= 0.3 is 5.97 Å². The third-order valence-electron chi connectivity index (χ3n) is 4.40. The molecule has 3 heteroatoms. The van der Waals surface area contributed by atoms with Crippen molar-refractivity contribution < 1.29 is 9.53 Å². The average Bonchev–Trinajstić information content (AvgIpc) is 2.54. The van der Waals surface area contributed by atoms with Gasteiger partial charge in [0.1, 0.15) is 0 Å². The maximum Gasteiger partial charge on any atom is 0.307 e. The average molecular weight is 303 g/mol. The number of benzene rings is 1. The SMILES string of the molecule is CCCC(C)OC(=O)CC(c1ccccc1)N1CCCCC1. The van der Waals surface area contributed by atoms with E-state index in [1.54, 1.807) is 0 Å². The fourth-order valence-electron chi connectivity index (χ4n) is 3.26. The molecule has 0 bridgehead atoms. The first kappa shape index (κ1) is 17.0. The standard InChI is InChI=1S/C19H29NO2/c1-3-10-16(2)22-19(21)15-18(17-11-6-4-7-12-17)20-13-8-5-9-14-20/h4,6-7,11-12,16,18H,3,5,8-10,13-15H2,1-2H3. The van der Waals surface area contributed by atoms with Crippen molar-refractivity contribution in [1.82, 2.24) is 4.90 Å². The van der Waals surface area contributed by atoms with Crippen molar-refractivity contribution in [3.05, 3.63) is 35.9 Å². The van der Waals surface area contributed by atoms with Gasteiger partial charge in [-0.2, -0.15) is 0 Å². The largest absolute Gasteiger partial charge is 0.463 e. The lowest BCUT2D eigenvalue weighted by atomic mass is 9.99. The van der Waals surface area contributed by atoms with E-state index < -0.39 is 0 Å². The van der Waals surface area contributed by atoms with Gasteiger partial charge in [0.15, 0.2) is 0 Å². The van der Waals surface area contributed by atoms with Crippen LogP contribution in [0.2, 0.25) is 0 Å². The Hall–Kier alpha value is -1.35. The summed E-state index contributed by atoms with van der Waals surface area (Å²) in [6.45, 7) is 6.26. The second-order valence-corrected chi connectivity index (χ2v) is 6.32. The van der Waals surface area contributed by atoms with Gasteiger partial charge in [-0.1, -0.05) is 50.1 Å². The summed E-state index contributed by atoms with van der Waals surface area (Å²) in [6.07, 6.45) is 6.22. The molecule has 3 nitrogen and oxygen atoms in total. The summed E-state index contributed by atoms with van der Waals surface area (Å²) in [7, 11) is 0. The summed E-state index contributed by atoms with van der Waals surface area (Å²) in [5, 5.41) is 0. The highest BCUT2D eigenvalue weighted by Crippen LogP contribution is 2.28. The molecule has 0 radical (unpaired) electrons. The second kappa shape index (κ2) is 8.94. The van der Waals surface area contributed by atoms with Crippen molar-refractivity contribution in [2.24, 2.45) is 0 Å². The van der Waals surface area contributed by atoms with E-state index in [-0.39, 0.29) is 18.1 Å². The summed E-state index contributed by atoms with van der Waals surface area (Å²) in [5.41, 5.74) is 1.23. The van der Waals surface area contributed by atoms with Gasteiger partial charge in [0.2, 0.25) is 0 Å². The van der Waals surface area contributed by atoms with Crippen LogP contribution in [0.4, 0.5) is 0 Å². The molecule has 1 fully saturated rings. The number of carbonyl (C=O) groups is 1. The van der Waals surface area contributed by atoms with E-state index in [0.717, 1.165) is 25.9 Å². The lowest BCUT2D eigenvalue weighted by Crippen LogP contribution is -2.35. The summed E-state index contributed by atoms with van der Waals surface area (Å²) >= 11 is 0. The summed E-state index contributed by atoms with van der Waals surface area (Å²) in [4.78, 5) is 14.8. The first-order valence-corrected chi connectivity index (χ1v) is 8.69. The molecular formula is C19H29NO2. The molecule has 0 saturated carbocycles. The summed E-state index contributed by atoms with van der Waals surface area (Å²) in [5.74, 6) is -0.0691. The van der Waals surface area contributed by atoms with Crippen molar-refractivity contribution >= 4 is 5.97 Å². The van der Waals surface area contributed by atoms with Crippen LogP contribution < -0.4 is 0 Å². The maximum atomic E-state index is 12.3. The molecule has 0 aromatic heterocycles. The maximum absolute atomic E-state index is 12.3. The number of rotatable bonds is 7. The van der Waals surface area contributed by atoms with E-state index in [1.165, 1.54) is 24.8 Å². The van der Waals surface area contributed by atoms with Gasteiger partial charge in [0.25, 0.3) is 0 Å². The second-order valence-electron chi connectivity index (χ2n) is 6.32. The molecule has 1 aromatic rings. The Morgan fingerprint density at radius 2 is 1.86 bits per heavy atom. The number of likely N-dealkylation sites (tertiary alicyclic amines) is 1. The zero-order chi connectivity index (χ0) is 15.8. The summed E-state index contributed by atoms with van der Waals surface area (Å²) < 4.78 is 5.57. The van der Waals surface area contributed by atoms with Crippen LogP contribution in [0.15, 0.2) is 30.3 Å². The number of hydrogen-bond donors (Lipinski definition) is 0. The first-order chi connectivity index (χ1) is 10.7. The molecule has 0 spiro atoms. The van der Waals surface area contributed by atoms with E-state index in [4.69, 9.17) is 4.74 Å². The van der Waals surface area contributed by atoms with Crippen LogP contribution in [-0.2, 0) is 9.53 Å². The first-order valence-electron chi connectivity index (χ1n) is 8.69. The molecule has 22 heavy (non-hydrogen) atoms. The van der Waals surface area contributed by atoms with E-state index in [2.05, 4.69) is 36.1 Å². The van der Waals surface area contributed by atoms with Crippen molar-refractivity contribution in [3.8, 4) is 0 Å². The fraction of sp³-hybridized carbons (Fsp3) is 0.632. The zero-order valence-electron chi connectivity index (χ0n) is 14.0. The highest BCUT2D eigenvalue weighted by molar-refractivity contribution is 5.70. The number of carbonyl (C=O) groups excluding carboxylic acids is 1. The zero-order valence-corrected chi connectivity index (χ0v) is 14.0. The number of esters is 1. The molecule has 2 atom stereocenters. The Kier molecular flexibility index (Phi) is 6.91. The van der Waals surface area contributed by atoms with Gasteiger partial charge in [-0.3, -0.25) is 9.69 Å². The third kappa shape index (κ3) is 5.13. The topological polar surface area (TPSA) is 29.5 Å². The number of nitrogens with zero attached hydrogens (tertiary/aromatic N) is 1. The smallest absolute Gasteiger partial charge is 0.307 e. The molecule has 0 amide bonds. The molecule has 2 rings (SSSR count). The van der Waals surface area contributed by atoms with Crippen LogP contribution >= 0.6 is 0 Å². The number of ether oxygens (including phenoxy) is 1. The predicted molar refractivity (Wildman–Crippen MR) is 89.7 cm³/mol. The normalized spacial score (nSPS) is 18.6. The number of hydrogen-bond acceptors (Lipinski definition) is 3. The Morgan fingerprint density at radius 1 is 1.18 bits per heavy atom. The fourth-order valence-corrected chi connectivity index (χ4v) is 3.26. The van der Waals surface area contributed by atoms with Crippen LogP contribution in [0, 0.1) is 0 Å². The highest BCUT2D eigenvalue weighted by Gasteiger charge is 2.25. The molecule has 1 aliphatic heterocycles. The Balaban J connectivity index is 2.02. The van der Waals surface area contributed by atoms with Crippen molar-refractivity contribution in [2.45, 2.75) is 64.5 Å². The van der Waals surface area contributed by atoms with Crippen molar-refractivity contribution in [1.29, 1.82) is 0 Å². The van der Waals surface area contributed by atoms with Crippen LogP contribution in [-0.4, -0.2) is 30.1 Å². The molecule has 1 aromatic carbocycles. The van der Waals surface area contributed by atoms with Crippen LogP contribution in [0.1, 0.15) is 64.0 Å². The van der Waals surface area contributed by atoms with Crippen LogP contribution in [0.3, 0.4) is 0 Å². The van der Waals surface area contributed by atoms with E-state index in [1.807, 2.05) is 13.0 Å². The van der Waals surface area contributed by atoms with Crippen LogP contribution in [0.25, 0.3) is 0 Å². The van der Waals surface area contributed by atoms with Gasteiger partial charge in [-0.15, -0.1) is 0 Å². The van der Waals surface area contributed by atoms with Gasteiger partial charge < -0.3 is 4.74 Å². The molecule has 122 valence electrons. The van der Waals surface area contributed by atoms with E-state index in [0.29, 0.717) is 6.42 Å². The molecule has 0 N–H and O–H groups in total. The molecule has 1 aliphatic rings. The Bertz CT molecular complexity index is 440. The van der Waals surface area contributed by atoms with Gasteiger partial charge in [0.05, 0.1) is 12.5 Å². The van der Waals surface area contributed by atoms with Gasteiger partial charge in [-0.25, -0.2) is 0 Å². The molecule has 1 heterocycles. The van der Waals surface area contributed by atoms with E-state index in [9.17, 15) is 4.79 Å². The predicted octanol–water partition coefficient (Wildman–Crippen LogP) is 4.34.